The summed E-state index contributed by atoms with van der Waals surface area (Å²) in [4.78, 5) is 30.4. The Kier molecular flexibility index (Phi) is 4.28. The molecule has 0 unspecified atom stereocenters. The summed E-state index contributed by atoms with van der Waals surface area (Å²) < 4.78 is 14.5. The first-order valence-electron chi connectivity index (χ1n) is 8.75. The number of likely N-dealkylation sites (tertiary alicyclic amines) is 1. The highest BCUT2D eigenvalue weighted by atomic mass is 19.1. The molecule has 0 bridgehead atoms. The summed E-state index contributed by atoms with van der Waals surface area (Å²) in [5, 5.41) is 3.00. The molecule has 1 amide bonds. The first kappa shape index (κ1) is 16.5. The van der Waals surface area contributed by atoms with E-state index < -0.39 is 0 Å². The summed E-state index contributed by atoms with van der Waals surface area (Å²) in [5.74, 6) is -0.0954. The molecule has 7 heteroatoms. The number of benzene rings is 1. The van der Waals surface area contributed by atoms with E-state index in [-0.39, 0.29) is 17.3 Å². The predicted molar refractivity (Wildman–Crippen MR) is 95.3 cm³/mol. The topological polar surface area (TPSA) is 70.5 Å². The van der Waals surface area contributed by atoms with Gasteiger partial charge in [0, 0.05) is 37.3 Å². The third kappa shape index (κ3) is 3.24. The molecule has 0 aliphatic carbocycles. The molecular weight excluding hydrogens is 335 g/mol. The molecule has 0 radical (unpaired) electrons. The van der Waals surface area contributed by atoms with Gasteiger partial charge in [-0.25, -0.2) is 13.9 Å². The quantitative estimate of drug-likeness (QED) is 0.765. The molecular formula is C19H19FN4O2. The number of carbonyl (C=O) groups is 1. The summed E-state index contributed by atoms with van der Waals surface area (Å²) in [6.07, 6.45) is 3.00. The number of hydrogen-bond donors (Lipinski definition) is 1. The Balaban J connectivity index is 1.53. The zero-order chi connectivity index (χ0) is 18.1. The number of nitrogens with one attached hydrogen (secondary N) is 1. The Labute approximate surface area is 149 Å². The average Bonchev–Trinajstić information content (AvgIpc) is 3.22. The van der Waals surface area contributed by atoms with Crippen LogP contribution in [0.2, 0.25) is 0 Å². The SMILES string of the molecule is O=C1CCCN1CCCc1cc(=O)n2[nH]c(-c3ccc(F)cc3)cc2n1. The van der Waals surface area contributed by atoms with Gasteiger partial charge in [0.15, 0.2) is 5.65 Å². The number of hydrogen-bond acceptors (Lipinski definition) is 3. The van der Waals surface area contributed by atoms with Gasteiger partial charge in [-0.2, -0.15) is 0 Å². The molecule has 1 N–H and O–H groups in total. The van der Waals surface area contributed by atoms with Crippen LogP contribution in [0.3, 0.4) is 0 Å². The number of fused-ring (bicyclic) bond motifs is 1. The second-order valence-electron chi connectivity index (χ2n) is 6.54. The smallest absolute Gasteiger partial charge is 0.272 e. The van der Waals surface area contributed by atoms with Crippen LogP contribution in [0.5, 0.6) is 0 Å². The van der Waals surface area contributed by atoms with Gasteiger partial charge in [-0.15, -0.1) is 0 Å². The van der Waals surface area contributed by atoms with E-state index in [4.69, 9.17) is 0 Å². The van der Waals surface area contributed by atoms with Gasteiger partial charge in [-0.1, -0.05) is 0 Å². The summed E-state index contributed by atoms with van der Waals surface area (Å²) in [6, 6.07) is 9.36. The van der Waals surface area contributed by atoms with Gasteiger partial charge in [0.05, 0.1) is 5.69 Å². The van der Waals surface area contributed by atoms with E-state index >= 15 is 0 Å². The van der Waals surface area contributed by atoms with Crippen LogP contribution in [0.1, 0.15) is 25.0 Å². The summed E-state index contributed by atoms with van der Waals surface area (Å²) >= 11 is 0. The van der Waals surface area contributed by atoms with Crippen molar-refractivity contribution in [1.29, 1.82) is 0 Å². The highest BCUT2D eigenvalue weighted by Gasteiger charge is 2.19. The lowest BCUT2D eigenvalue weighted by molar-refractivity contribution is -0.127. The van der Waals surface area contributed by atoms with Crippen molar-refractivity contribution in [3.63, 3.8) is 0 Å². The van der Waals surface area contributed by atoms with Crippen molar-refractivity contribution in [2.75, 3.05) is 13.1 Å². The van der Waals surface area contributed by atoms with Gasteiger partial charge in [0.2, 0.25) is 5.91 Å². The number of carbonyl (C=O) groups excluding carboxylic acids is 1. The Morgan fingerprint density at radius 3 is 2.69 bits per heavy atom. The fourth-order valence-electron chi connectivity index (χ4n) is 3.34. The normalized spacial score (nSPS) is 14.5. The first-order chi connectivity index (χ1) is 12.6. The minimum absolute atomic E-state index is 0.185. The van der Waals surface area contributed by atoms with Crippen LogP contribution >= 0.6 is 0 Å². The van der Waals surface area contributed by atoms with Crippen LogP contribution in [0.25, 0.3) is 16.9 Å². The Hall–Kier alpha value is -2.96. The number of aryl methyl sites for hydroxylation is 1. The lowest BCUT2D eigenvalue weighted by Gasteiger charge is -2.14. The van der Waals surface area contributed by atoms with Gasteiger partial charge in [0.1, 0.15) is 5.82 Å². The average molecular weight is 354 g/mol. The van der Waals surface area contributed by atoms with E-state index in [9.17, 15) is 14.0 Å². The maximum Gasteiger partial charge on any atom is 0.272 e. The van der Waals surface area contributed by atoms with Gasteiger partial charge < -0.3 is 4.90 Å². The molecule has 3 aromatic rings. The van der Waals surface area contributed by atoms with E-state index in [1.807, 2.05) is 4.90 Å². The van der Waals surface area contributed by atoms with Crippen molar-refractivity contribution in [2.45, 2.75) is 25.7 Å². The van der Waals surface area contributed by atoms with E-state index in [2.05, 4.69) is 10.1 Å². The highest BCUT2D eigenvalue weighted by molar-refractivity contribution is 5.78. The van der Waals surface area contributed by atoms with Crippen LogP contribution in [0.15, 0.2) is 41.2 Å². The molecule has 1 aliphatic heterocycles. The van der Waals surface area contributed by atoms with Gasteiger partial charge in [-0.05, 0) is 49.1 Å². The van der Waals surface area contributed by atoms with Crippen molar-refractivity contribution in [3.05, 3.63) is 58.3 Å². The van der Waals surface area contributed by atoms with Crippen molar-refractivity contribution in [3.8, 4) is 11.3 Å². The fraction of sp³-hybridized carbons (Fsp3) is 0.316. The van der Waals surface area contributed by atoms with Gasteiger partial charge >= 0.3 is 0 Å². The van der Waals surface area contributed by atoms with E-state index in [0.717, 1.165) is 24.9 Å². The molecule has 0 atom stereocenters. The zero-order valence-corrected chi connectivity index (χ0v) is 14.2. The monoisotopic (exact) mass is 354 g/mol. The molecule has 4 rings (SSSR count). The number of aromatic amines is 1. The van der Waals surface area contributed by atoms with Crippen LogP contribution < -0.4 is 5.56 Å². The van der Waals surface area contributed by atoms with Crippen LogP contribution in [-0.4, -0.2) is 38.5 Å². The second kappa shape index (κ2) is 6.74. The number of nitrogens with zero attached hydrogens (tertiary/aromatic N) is 3. The molecule has 1 aromatic carbocycles. The lowest BCUT2D eigenvalue weighted by atomic mass is 10.1. The molecule has 2 aromatic heterocycles. The van der Waals surface area contributed by atoms with Crippen molar-refractivity contribution in [2.24, 2.45) is 0 Å². The highest BCUT2D eigenvalue weighted by Crippen LogP contribution is 2.19. The first-order valence-corrected chi connectivity index (χ1v) is 8.75. The third-order valence-corrected chi connectivity index (χ3v) is 4.69. The number of H-pyrrole nitrogens is 1. The molecule has 3 heterocycles. The van der Waals surface area contributed by atoms with Crippen LogP contribution in [-0.2, 0) is 11.2 Å². The predicted octanol–water partition coefficient (Wildman–Crippen LogP) is 2.38. The molecule has 0 saturated carbocycles. The van der Waals surface area contributed by atoms with Crippen molar-refractivity contribution in [1.82, 2.24) is 19.5 Å². The van der Waals surface area contributed by atoms with Gasteiger partial charge in [0.25, 0.3) is 5.56 Å². The minimum Gasteiger partial charge on any atom is -0.343 e. The zero-order valence-electron chi connectivity index (χ0n) is 14.2. The summed E-state index contributed by atoms with van der Waals surface area (Å²) in [6.45, 7) is 1.53. The maximum atomic E-state index is 13.1. The fourth-order valence-corrected chi connectivity index (χ4v) is 3.34. The summed E-state index contributed by atoms with van der Waals surface area (Å²) in [5.41, 5.74) is 2.55. The molecule has 1 fully saturated rings. The van der Waals surface area contributed by atoms with Gasteiger partial charge in [-0.3, -0.25) is 14.7 Å². The third-order valence-electron chi connectivity index (χ3n) is 4.69. The minimum atomic E-state index is -0.307. The number of aromatic nitrogens is 3. The number of halogens is 1. The Morgan fingerprint density at radius 2 is 1.96 bits per heavy atom. The molecule has 1 saturated heterocycles. The summed E-state index contributed by atoms with van der Waals surface area (Å²) in [7, 11) is 0. The molecule has 0 spiro atoms. The number of amides is 1. The van der Waals surface area contributed by atoms with E-state index in [1.54, 1.807) is 18.2 Å². The van der Waals surface area contributed by atoms with Crippen LogP contribution in [0.4, 0.5) is 4.39 Å². The molecule has 1 aliphatic rings. The van der Waals surface area contributed by atoms with E-state index in [1.165, 1.54) is 22.7 Å². The molecule has 134 valence electrons. The van der Waals surface area contributed by atoms with Crippen molar-refractivity contribution >= 4 is 11.6 Å². The lowest BCUT2D eigenvalue weighted by Crippen LogP contribution is -2.26. The maximum absolute atomic E-state index is 13.1. The molecule has 26 heavy (non-hydrogen) atoms. The van der Waals surface area contributed by atoms with Crippen LogP contribution in [0, 0.1) is 5.82 Å². The standard InChI is InChI=1S/C19H19FN4O2/c20-14-7-5-13(6-8-14)16-12-17-21-15(11-19(26)24(17)22-16)3-1-9-23-10-2-4-18(23)25/h5-8,11-12,22H,1-4,9-10H2. The molecule has 6 nitrogen and oxygen atoms in total. The second-order valence-corrected chi connectivity index (χ2v) is 6.54. The van der Waals surface area contributed by atoms with E-state index in [0.29, 0.717) is 36.4 Å². The number of rotatable bonds is 5. The Bertz CT molecular complexity index is 1010. The largest absolute Gasteiger partial charge is 0.343 e. The Morgan fingerprint density at radius 1 is 1.15 bits per heavy atom. The van der Waals surface area contributed by atoms with Crippen molar-refractivity contribution < 1.29 is 9.18 Å².